The van der Waals surface area contributed by atoms with Gasteiger partial charge in [-0.1, -0.05) is 13.8 Å². The molecule has 0 aliphatic rings. The van der Waals surface area contributed by atoms with Gasteiger partial charge in [0.05, 0.1) is 28.8 Å². The highest BCUT2D eigenvalue weighted by atomic mass is 79.9. The lowest BCUT2D eigenvalue weighted by molar-refractivity contribution is 0.285. The average molecular weight is 370 g/mol. The Labute approximate surface area is 142 Å². The first kappa shape index (κ1) is 18.9. The monoisotopic (exact) mass is 369 g/mol. The molecule has 0 aromatic carbocycles. The van der Waals surface area contributed by atoms with Crippen molar-refractivity contribution < 1.29 is 4.74 Å². The van der Waals surface area contributed by atoms with Gasteiger partial charge in [0.25, 0.3) is 0 Å². The molecule has 0 fully saturated rings. The van der Waals surface area contributed by atoms with E-state index in [1.165, 1.54) is 0 Å². The van der Waals surface area contributed by atoms with Crippen LogP contribution in [0, 0.1) is 12.8 Å². The Morgan fingerprint density at radius 3 is 2.68 bits per heavy atom. The molecule has 1 aromatic rings. The van der Waals surface area contributed by atoms with E-state index in [2.05, 4.69) is 65.8 Å². The number of nitrogens with one attached hydrogen (secondary N) is 1. The molecule has 0 radical (unpaired) electrons. The normalized spacial score (nSPS) is 12.2. The van der Waals surface area contributed by atoms with Crippen molar-refractivity contribution in [2.45, 2.75) is 59.9 Å². The molecule has 1 rings (SSSR count). The van der Waals surface area contributed by atoms with Crippen LogP contribution in [-0.2, 0) is 0 Å². The number of rotatable bonds is 7. The zero-order valence-electron chi connectivity index (χ0n) is 14.5. The molecule has 0 amide bonds. The molecular weight excluding hydrogens is 342 g/mol. The second-order valence-corrected chi connectivity index (χ2v) is 7.77. The lowest BCUT2D eigenvalue weighted by Crippen LogP contribution is -2.34. The van der Waals surface area contributed by atoms with E-state index in [9.17, 15) is 0 Å². The summed E-state index contributed by atoms with van der Waals surface area (Å²) in [5.41, 5.74) is 1.69. The van der Waals surface area contributed by atoms with Gasteiger partial charge >= 0.3 is 0 Å². The number of hydrogen-bond acceptors (Lipinski definition) is 3. The molecule has 4 nitrogen and oxygen atoms in total. The minimum Gasteiger partial charge on any atom is -0.477 e. The van der Waals surface area contributed by atoms with E-state index in [1.54, 1.807) is 6.34 Å². The molecule has 0 atom stereocenters. The summed E-state index contributed by atoms with van der Waals surface area (Å²) in [6.07, 6.45) is 3.93. The first-order valence-corrected chi connectivity index (χ1v) is 8.58. The van der Waals surface area contributed by atoms with Crippen molar-refractivity contribution in [2.75, 3.05) is 6.61 Å². The molecule has 1 heterocycles. The lowest BCUT2D eigenvalue weighted by Gasteiger charge is -2.17. The van der Waals surface area contributed by atoms with Gasteiger partial charge in [-0.3, -0.25) is 0 Å². The molecule has 0 aliphatic heterocycles. The summed E-state index contributed by atoms with van der Waals surface area (Å²) in [6.45, 7) is 13.3. The summed E-state index contributed by atoms with van der Waals surface area (Å²) in [5, 5.41) is 3.22. The highest BCUT2D eigenvalue weighted by Crippen LogP contribution is 2.29. The van der Waals surface area contributed by atoms with Gasteiger partial charge in [0, 0.05) is 5.54 Å². The van der Waals surface area contributed by atoms with E-state index < -0.39 is 0 Å². The van der Waals surface area contributed by atoms with Crippen LogP contribution in [-0.4, -0.2) is 23.5 Å². The Balaban J connectivity index is 2.67. The van der Waals surface area contributed by atoms with Gasteiger partial charge in [0.2, 0.25) is 5.88 Å². The first-order valence-electron chi connectivity index (χ1n) is 7.79. The molecule has 0 bridgehead atoms. The van der Waals surface area contributed by atoms with Crippen molar-refractivity contribution in [1.29, 1.82) is 0 Å². The quantitative estimate of drug-likeness (QED) is 0.417. The molecule has 0 unspecified atom stereocenters. The van der Waals surface area contributed by atoms with Gasteiger partial charge in [-0.2, -0.15) is 0 Å². The van der Waals surface area contributed by atoms with Crippen LogP contribution in [0.5, 0.6) is 5.88 Å². The number of aliphatic imine (C=N–C) groups is 1. The molecule has 0 saturated heterocycles. The largest absolute Gasteiger partial charge is 0.477 e. The molecule has 22 heavy (non-hydrogen) atoms. The molecule has 1 N–H and O–H groups in total. The first-order chi connectivity index (χ1) is 10.2. The standard InChI is InChI=1S/C17H28BrN3O/c1-12(2)8-7-9-22-16-14(18)10-15(13(3)21-16)19-11-20-17(4,5)6/h10-12H,7-9H2,1-6H3,(H,19,20). The Bertz CT molecular complexity index is 507. The maximum Gasteiger partial charge on any atom is 0.228 e. The second kappa shape index (κ2) is 8.51. The topological polar surface area (TPSA) is 46.5 Å². The van der Waals surface area contributed by atoms with Crippen LogP contribution in [0.3, 0.4) is 0 Å². The van der Waals surface area contributed by atoms with E-state index in [-0.39, 0.29) is 5.54 Å². The van der Waals surface area contributed by atoms with E-state index in [0.717, 1.165) is 28.7 Å². The Kier molecular flexibility index (Phi) is 7.33. The van der Waals surface area contributed by atoms with Crippen molar-refractivity contribution in [1.82, 2.24) is 10.3 Å². The summed E-state index contributed by atoms with van der Waals surface area (Å²) in [7, 11) is 0. The number of ether oxygens (including phenoxy) is 1. The summed E-state index contributed by atoms with van der Waals surface area (Å²) in [5.74, 6) is 1.35. The third-order valence-corrected chi connectivity index (χ3v) is 3.54. The Morgan fingerprint density at radius 2 is 2.09 bits per heavy atom. The summed E-state index contributed by atoms with van der Waals surface area (Å²) in [4.78, 5) is 8.92. The Hall–Kier alpha value is -1.10. The summed E-state index contributed by atoms with van der Waals surface area (Å²) in [6, 6.07) is 1.95. The molecular formula is C17H28BrN3O. The van der Waals surface area contributed by atoms with E-state index in [4.69, 9.17) is 4.74 Å². The van der Waals surface area contributed by atoms with E-state index >= 15 is 0 Å². The summed E-state index contributed by atoms with van der Waals surface area (Å²) >= 11 is 3.51. The minimum atomic E-state index is 0.00152. The second-order valence-electron chi connectivity index (χ2n) is 6.92. The van der Waals surface area contributed by atoms with Crippen LogP contribution in [0.4, 0.5) is 5.69 Å². The summed E-state index contributed by atoms with van der Waals surface area (Å²) < 4.78 is 6.59. The van der Waals surface area contributed by atoms with E-state index in [1.807, 2.05) is 13.0 Å². The van der Waals surface area contributed by atoms with Crippen LogP contribution >= 0.6 is 15.9 Å². The van der Waals surface area contributed by atoms with Gasteiger partial charge in [0.15, 0.2) is 0 Å². The third kappa shape index (κ3) is 7.25. The zero-order chi connectivity index (χ0) is 16.8. The smallest absolute Gasteiger partial charge is 0.228 e. The SMILES string of the molecule is Cc1nc(OCCCC(C)C)c(Br)cc1/N=C/NC(C)(C)C. The fourth-order valence-electron chi connectivity index (χ4n) is 1.74. The van der Waals surface area contributed by atoms with Gasteiger partial charge in [-0.05, 0) is 68.5 Å². The number of pyridine rings is 1. The van der Waals surface area contributed by atoms with Crippen LogP contribution in [0.25, 0.3) is 0 Å². The molecule has 5 heteroatoms. The van der Waals surface area contributed by atoms with Crippen LogP contribution < -0.4 is 10.1 Å². The number of aryl methyl sites for hydroxylation is 1. The molecule has 124 valence electrons. The fourth-order valence-corrected chi connectivity index (χ4v) is 2.16. The number of nitrogens with zero attached hydrogens (tertiary/aromatic N) is 2. The number of aromatic nitrogens is 1. The minimum absolute atomic E-state index is 0.00152. The molecule has 0 aliphatic carbocycles. The van der Waals surface area contributed by atoms with E-state index in [0.29, 0.717) is 18.4 Å². The molecule has 0 spiro atoms. The van der Waals surface area contributed by atoms with Crippen molar-refractivity contribution >= 4 is 28.0 Å². The van der Waals surface area contributed by atoms with Crippen LogP contribution in [0.1, 0.15) is 53.2 Å². The van der Waals surface area contributed by atoms with Gasteiger partial charge in [-0.15, -0.1) is 0 Å². The maximum atomic E-state index is 5.76. The van der Waals surface area contributed by atoms with Crippen molar-refractivity contribution in [3.63, 3.8) is 0 Å². The molecule has 1 aromatic heterocycles. The number of halogens is 1. The molecule has 0 saturated carbocycles. The predicted molar refractivity (Wildman–Crippen MR) is 97.3 cm³/mol. The van der Waals surface area contributed by atoms with Gasteiger partial charge in [-0.25, -0.2) is 9.98 Å². The van der Waals surface area contributed by atoms with Crippen LogP contribution in [0.15, 0.2) is 15.5 Å². The lowest BCUT2D eigenvalue weighted by atomic mass is 10.1. The fraction of sp³-hybridized carbons (Fsp3) is 0.647. The van der Waals surface area contributed by atoms with Crippen LogP contribution in [0.2, 0.25) is 0 Å². The number of hydrogen-bond donors (Lipinski definition) is 1. The third-order valence-electron chi connectivity index (χ3n) is 2.97. The average Bonchev–Trinajstić information content (AvgIpc) is 2.37. The van der Waals surface area contributed by atoms with Gasteiger partial charge < -0.3 is 10.1 Å². The highest BCUT2D eigenvalue weighted by molar-refractivity contribution is 9.10. The van der Waals surface area contributed by atoms with Gasteiger partial charge in [0.1, 0.15) is 0 Å². The van der Waals surface area contributed by atoms with Crippen molar-refractivity contribution in [3.05, 3.63) is 16.2 Å². The predicted octanol–water partition coefficient (Wildman–Crippen LogP) is 5.02. The highest BCUT2D eigenvalue weighted by Gasteiger charge is 2.09. The van der Waals surface area contributed by atoms with Crippen molar-refractivity contribution in [3.8, 4) is 5.88 Å². The zero-order valence-corrected chi connectivity index (χ0v) is 16.1. The Morgan fingerprint density at radius 1 is 1.41 bits per heavy atom. The maximum absolute atomic E-state index is 5.76. The van der Waals surface area contributed by atoms with Crippen molar-refractivity contribution in [2.24, 2.45) is 10.9 Å².